The average molecular weight is 450 g/mol. The minimum absolute atomic E-state index is 0.0550. The highest BCUT2D eigenvalue weighted by Crippen LogP contribution is 2.33. The highest BCUT2D eigenvalue weighted by molar-refractivity contribution is 7.91. The van der Waals surface area contributed by atoms with Crippen LogP contribution in [0.1, 0.15) is 43.0 Å². The fraction of sp³-hybridized carbons (Fsp3) is 0.571. The van der Waals surface area contributed by atoms with Crippen LogP contribution in [0.2, 0.25) is 0 Å². The molecule has 0 bridgehead atoms. The van der Waals surface area contributed by atoms with Gasteiger partial charge < -0.3 is 20.3 Å². The van der Waals surface area contributed by atoms with Gasteiger partial charge in [-0.2, -0.15) is 0 Å². The van der Waals surface area contributed by atoms with Crippen LogP contribution in [0, 0.1) is 0 Å². The summed E-state index contributed by atoms with van der Waals surface area (Å²) >= 11 is 0. The number of likely N-dealkylation sites (tertiary alicyclic amines) is 1. The predicted octanol–water partition coefficient (Wildman–Crippen LogP) is 0.254. The number of benzene rings is 1. The number of fused-ring (bicyclic) bond motifs is 1. The highest BCUT2D eigenvalue weighted by atomic mass is 32.2. The summed E-state index contributed by atoms with van der Waals surface area (Å²) in [6.45, 7) is 2.17. The maximum absolute atomic E-state index is 12.7. The predicted molar refractivity (Wildman–Crippen MR) is 112 cm³/mol. The molecule has 1 spiro atoms. The van der Waals surface area contributed by atoms with Crippen molar-refractivity contribution in [3.8, 4) is 5.75 Å². The Balaban J connectivity index is 1.42. The fourth-order valence-corrected chi connectivity index (χ4v) is 6.63. The van der Waals surface area contributed by atoms with Crippen molar-refractivity contribution >= 4 is 27.6 Å². The number of carbonyl (C=O) groups excluding carboxylic acids is 3. The molecule has 0 radical (unpaired) electrons. The smallest absolute Gasteiger partial charge is 0.255 e. The minimum atomic E-state index is -3.15. The SMILES string of the molecule is C[C@]1(NC(=O)CN2CC[C@]3(CCC2=O)CNC(=O)c2ccccc2O3)CCS(=O)(=O)C1. The third kappa shape index (κ3) is 4.68. The molecule has 9 nitrogen and oxygen atoms in total. The first-order valence-electron chi connectivity index (χ1n) is 10.4. The summed E-state index contributed by atoms with van der Waals surface area (Å²) in [5.74, 6) is -0.284. The Hall–Kier alpha value is -2.62. The van der Waals surface area contributed by atoms with Crippen molar-refractivity contribution in [2.75, 3.05) is 31.1 Å². The van der Waals surface area contributed by atoms with Gasteiger partial charge in [-0.15, -0.1) is 0 Å². The molecular formula is C21H27N3O6S. The lowest BCUT2D eigenvalue weighted by molar-refractivity contribution is -0.136. The molecule has 0 saturated carbocycles. The van der Waals surface area contributed by atoms with E-state index in [4.69, 9.17) is 4.74 Å². The number of nitrogens with zero attached hydrogens (tertiary/aromatic N) is 1. The van der Waals surface area contributed by atoms with E-state index in [0.29, 0.717) is 37.1 Å². The molecule has 10 heteroatoms. The molecule has 0 aromatic heterocycles. The lowest BCUT2D eigenvalue weighted by Gasteiger charge is -2.32. The number of amides is 3. The van der Waals surface area contributed by atoms with E-state index in [9.17, 15) is 22.8 Å². The van der Waals surface area contributed by atoms with Gasteiger partial charge in [0.1, 0.15) is 11.4 Å². The Labute approximate surface area is 181 Å². The summed E-state index contributed by atoms with van der Waals surface area (Å²) in [4.78, 5) is 39.1. The Bertz CT molecular complexity index is 1030. The number of hydrogen-bond donors (Lipinski definition) is 2. The first-order valence-corrected chi connectivity index (χ1v) is 12.3. The van der Waals surface area contributed by atoms with Crippen LogP contribution in [0.4, 0.5) is 0 Å². The molecular weight excluding hydrogens is 422 g/mol. The van der Waals surface area contributed by atoms with Gasteiger partial charge in [0.15, 0.2) is 9.84 Å². The van der Waals surface area contributed by atoms with Crippen molar-refractivity contribution in [1.29, 1.82) is 0 Å². The first kappa shape index (κ1) is 21.6. The van der Waals surface area contributed by atoms with Crippen LogP contribution >= 0.6 is 0 Å². The van der Waals surface area contributed by atoms with Crippen molar-refractivity contribution in [2.24, 2.45) is 0 Å². The Kier molecular flexibility index (Phi) is 5.45. The molecule has 3 aliphatic rings. The van der Waals surface area contributed by atoms with Gasteiger partial charge in [0.2, 0.25) is 11.8 Å². The summed E-state index contributed by atoms with van der Waals surface area (Å²) in [6.07, 6.45) is 1.45. The second-order valence-electron chi connectivity index (χ2n) is 8.98. The van der Waals surface area contributed by atoms with Crippen molar-refractivity contribution in [3.05, 3.63) is 29.8 Å². The average Bonchev–Trinajstić information content (AvgIpc) is 2.82. The van der Waals surface area contributed by atoms with E-state index in [1.807, 2.05) is 0 Å². The van der Waals surface area contributed by atoms with Gasteiger partial charge in [-0.05, 0) is 31.9 Å². The zero-order valence-electron chi connectivity index (χ0n) is 17.5. The topological polar surface area (TPSA) is 122 Å². The molecule has 2 N–H and O–H groups in total. The number of nitrogens with one attached hydrogen (secondary N) is 2. The van der Waals surface area contributed by atoms with Gasteiger partial charge in [-0.3, -0.25) is 14.4 Å². The van der Waals surface area contributed by atoms with Crippen LogP contribution in [0.5, 0.6) is 5.75 Å². The molecule has 2 fully saturated rings. The maximum atomic E-state index is 12.7. The van der Waals surface area contributed by atoms with E-state index in [1.54, 1.807) is 31.2 Å². The highest BCUT2D eigenvalue weighted by Gasteiger charge is 2.42. The Morgan fingerprint density at radius 1 is 1.23 bits per heavy atom. The molecule has 0 unspecified atom stereocenters. The van der Waals surface area contributed by atoms with Crippen LogP contribution < -0.4 is 15.4 Å². The molecule has 3 heterocycles. The number of ether oxygens (including phenoxy) is 1. The lowest BCUT2D eigenvalue weighted by atomic mass is 9.94. The number of para-hydroxylation sites is 1. The van der Waals surface area contributed by atoms with Crippen LogP contribution in [0.15, 0.2) is 24.3 Å². The standard InChI is InChI=1S/C21H27N3O6S/c1-20(9-11-31(28,29)14-20)23-17(25)12-24-10-8-21(7-6-18(24)26)13-22-19(27)15-4-2-3-5-16(15)30-21/h2-5H,6-14H2,1H3,(H,22,27)(H,23,25)/t20-,21+/m0/s1. The molecule has 4 rings (SSSR count). The molecule has 3 amide bonds. The van der Waals surface area contributed by atoms with E-state index in [1.165, 1.54) is 4.90 Å². The fourth-order valence-electron chi connectivity index (χ4n) is 4.54. The third-order valence-corrected chi connectivity index (χ3v) is 8.20. The molecule has 1 aromatic rings. The van der Waals surface area contributed by atoms with Crippen molar-refractivity contribution in [3.63, 3.8) is 0 Å². The summed E-state index contributed by atoms with van der Waals surface area (Å²) in [5, 5.41) is 5.69. The van der Waals surface area contributed by atoms with Gasteiger partial charge in [0.25, 0.3) is 5.91 Å². The van der Waals surface area contributed by atoms with E-state index >= 15 is 0 Å². The summed E-state index contributed by atoms with van der Waals surface area (Å²) in [6, 6.07) is 7.02. The molecule has 1 aromatic carbocycles. The second kappa shape index (κ2) is 7.81. The molecule has 168 valence electrons. The molecule has 0 aliphatic carbocycles. The molecule has 31 heavy (non-hydrogen) atoms. The number of carbonyl (C=O) groups is 3. The van der Waals surface area contributed by atoms with Gasteiger partial charge in [-0.25, -0.2) is 8.42 Å². The minimum Gasteiger partial charge on any atom is -0.485 e. The van der Waals surface area contributed by atoms with Crippen LogP contribution in [0.3, 0.4) is 0 Å². The van der Waals surface area contributed by atoms with Crippen molar-refractivity contribution in [2.45, 2.75) is 43.7 Å². The second-order valence-corrected chi connectivity index (χ2v) is 11.2. The van der Waals surface area contributed by atoms with E-state index < -0.39 is 21.0 Å². The largest absolute Gasteiger partial charge is 0.485 e. The molecule has 2 atom stereocenters. The van der Waals surface area contributed by atoms with Gasteiger partial charge >= 0.3 is 0 Å². The van der Waals surface area contributed by atoms with E-state index in [2.05, 4.69) is 10.6 Å². The zero-order chi connectivity index (χ0) is 22.3. The van der Waals surface area contributed by atoms with Gasteiger partial charge in [0, 0.05) is 19.4 Å². The van der Waals surface area contributed by atoms with Crippen LogP contribution in [-0.2, 0) is 19.4 Å². The maximum Gasteiger partial charge on any atom is 0.255 e. The molecule has 2 saturated heterocycles. The first-order chi connectivity index (χ1) is 14.6. The zero-order valence-corrected chi connectivity index (χ0v) is 18.3. The van der Waals surface area contributed by atoms with E-state index in [0.717, 1.165) is 0 Å². The molecule has 3 aliphatic heterocycles. The summed E-state index contributed by atoms with van der Waals surface area (Å²) in [5.41, 5.74) is -1.06. The summed E-state index contributed by atoms with van der Waals surface area (Å²) in [7, 11) is -3.15. The lowest BCUT2D eigenvalue weighted by Crippen LogP contribution is -2.51. The van der Waals surface area contributed by atoms with Crippen LogP contribution in [0.25, 0.3) is 0 Å². The Morgan fingerprint density at radius 2 is 2.00 bits per heavy atom. The monoisotopic (exact) mass is 449 g/mol. The van der Waals surface area contributed by atoms with Gasteiger partial charge in [0.05, 0.1) is 35.7 Å². The van der Waals surface area contributed by atoms with Crippen molar-refractivity contribution < 1.29 is 27.5 Å². The number of sulfone groups is 1. The van der Waals surface area contributed by atoms with E-state index in [-0.39, 0.29) is 48.7 Å². The van der Waals surface area contributed by atoms with Crippen molar-refractivity contribution in [1.82, 2.24) is 15.5 Å². The number of rotatable bonds is 3. The number of hydrogen-bond acceptors (Lipinski definition) is 6. The third-order valence-electron chi connectivity index (χ3n) is 6.29. The van der Waals surface area contributed by atoms with Crippen LogP contribution in [-0.4, -0.2) is 73.3 Å². The summed E-state index contributed by atoms with van der Waals surface area (Å²) < 4.78 is 29.8. The Morgan fingerprint density at radius 3 is 2.74 bits per heavy atom. The normalized spacial score (nSPS) is 30.0. The van der Waals surface area contributed by atoms with Gasteiger partial charge in [-0.1, -0.05) is 12.1 Å². The quantitative estimate of drug-likeness (QED) is 0.682.